The van der Waals surface area contributed by atoms with Crippen molar-refractivity contribution in [2.75, 3.05) is 12.9 Å². The summed E-state index contributed by atoms with van der Waals surface area (Å²) in [5.41, 5.74) is -0.178. The Labute approximate surface area is 309 Å². The van der Waals surface area contributed by atoms with Crippen LogP contribution in [0.2, 0.25) is 0 Å². The molecule has 0 aliphatic carbocycles. The first-order valence-electron chi connectivity index (χ1n) is 10.3. The molecule has 0 bridgehead atoms. The first kappa shape index (κ1) is 33.8. The number of fused-ring (bicyclic) bond motifs is 1. The normalized spacial score (nSPS) is 19.6. The number of aliphatic hydroxyl groups excluding tert-OH is 1. The van der Waals surface area contributed by atoms with Crippen molar-refractivity contribution in [1.29, 1.82) is 0 Å². The SMILES string of the molecule is COc1ccccc1C(O)C(=O)NC1C(=O)N2C(C(=O)[O-])=C(C(CC(=O)[O-])Sc3nn[nH]n3)CS[C@@H]12.[K+].[K+]. The second-order valence-corrected chi connectivity index (χ2v) is 9.85. The molecule has 4 rings (SSSR count). The molecular weight excluding hydrogens is 595 g/mol. The number of carboxylic acids is 2. The number of β-lactam (4-membered cyclic amide) rings is 1. The number of hydrogen-bond acceptors (Lipinski definition) is 13. The van der Waals surface area contributed by atoms with E-state index in [1.54, 1.807) is 18.2 Å². The number of nitrogens with one attached hydrogen (secondary N) is 2. The van der Waals surface area contributed by atoms with Crippen LogP contribution in [0.15, 0.2) is 40.7 Å². The molecule has 2 aliphatic rings. The standard InChI is InChI=1S/C20H20N6O8S2.2K/c1-34-10-5-3-2-4-8(10)15(29)16(30)21-13-17(31)26-14(19(32)33)9(7-35-18(13)26)11(6-12(27)28)36-20-22-24-25-23-20;;/h2-5,11,13,15,18,29H,6-7H2,1H3,(H,21,30)(H,27,28)(H,32,33)(H,22,23,24,25);;/q;2*+1/p-2/t11?,13?,15?,18-;;/m0../s1. The third-order valence-corrected chi connectivity index (χ3v) is 7.91. The van der Waals surface area contributed by atoms with Gasteiger partial charge in [-0.2, -0.15) is 5.21 Å². The van der Waals surface area contributed by atoms with Gasteiger partial charge in [-0.25, -0.2) is 0 Å². The Hall–Kier alpha value is -0.357. The first-order valence-corrected chi connectivity index (χ1v) is 12.3. The number of carbonyl (C=O) groups excluding carboxylic acids is 4. The predicted octanol–water partition coefficient (Wildman–Crippen LogP) is -9.05. The van der Waals surface area contributed by atoms with E-state index in [2.05, 4.69) is 25.9 Å². The number of rotatable bonds is 10. The molecular formula is C20H18K2N6O8S2. The van der Waals surface area contributed by atoms with Gasteiger partial charge in [0.15, 0.2) is 6.10 Å². The second-order valence-electron chi connectivity index (χ2n) is 7.58. The summed E-state index contributed by atoms with van der Waals surface area (Å²) in [4.78, 5) is 49.9. The molecule has 3 heterocycles. The molecule has 18 heteroatoms. The number of hydrogen-bond donors (Lipinski definition) is 3. The molecule has 3 unspecified atom stereocenters. The summed E-state index contributed by atoms with van der Waals surface area (Å²) in [7, 11) is 1.38. The van der Waals surface area contributed by atoms with E-state index in [9.17, 15) is 34.5 Å². The van der Waals surface area contributed by atoms with Crippen molar-refractivity contribution in [3.8, 4) is 5.75 Å². The van der Waals surface area contributed by atoms with Crippen LogP contribution in [-0.2, 0) is 19.2 Å². The van der Waals surface area contributed by atoms with E-state index >= 15 is 0 Å². The molecule has 1 fully saturated rings. The average Bonchev–Trinajstić information content (AvgIpc) is 3.38. The average molecular weight is 613 g/mol. The molecule has 2 aromatic rings. The Morgan fingerprint density at radius 2 is 2.03 bits per heavy atom. The Bertz CT molecular complexity index is 1230. The van der Waals surface area contributed by atoms with E-state index in [1.807, 2.05) is 0 Å². The molecule has 0 radical (unpaired) electrons. The van der Waals surface area contributed by atoms with Gasteiger partial charge in [0.05, 0.1) is 18.8 Å². The summed E-state index contributed by atoms with van der Waals surface area (Å²) in [6.07, 6.45) is -2.22. The summed E-state index contributed by atoms with van der Waals surface area (Å²) in [5.74, 6) is -4.45. The fourth-order valence-electron chi connectivity index (χ4n) is 3.86. The van der Waals surface area contributed by atoms with Gasteiger partial charge in [0.2, 0.25) is 5.16 Å². The number of aromatic amines is 1. The van der Waals surface area contributed by atoms with Crippen LogP contribution in [-0.4, -0.2) is 83.9 Å². The number of para-hydroxylation sites is 1. The first-order chi connectivity index (χ1) is 17.2. The molecule has 4 atom stereocenters. The fraction of sp³-hybridized carbons (Fsp3) is 0.350. The Kier molecular flexibility index (Phi) is 13.4. The van der Waals surface area contributed by atoms with Crippen molar-refractivity contribution in [3.63, 3.8) is 0 Å². The van der Waals surface area contributed by atoms with Gasteiger partial charge in [-0.15, -0.1) is 22.0 Å². The van der Waals surface area contributed by atoms with Crippen molar-refractivity contribution in [2.24, 2.45) is 0 Å². The number of ether oxygens (including phenoxy) is 1. The van der Waals surface area contributed by atoms with Crippen LogP contribution in [0.1, 0.15) is 18.1 Å². The minimum Gasteiger partial charge on any atom is -0.550 e. The molecule has 3 N–H and O–H groups in total. The summed E-state index contributed by atoms with van der Waals surface area (Å²) in [5, 5.41) is 47.7. The van der Waals surface area contributed by atoms with Gasteiger partial charge in [0.1, 0.15) is 17.2 Å². The van der Waals surface area contributed by atoms with Gasteiger partial charge < -0.3 is 35.0 Å². The van der Waals surface area contributed by atoms with E-state index in [1.165, 1.54) is 13.2 Å². The molecule has 2 aliphatic heterocycles. The molecule has 1 saturated heterocycles. The number of aliphatic hydroxyl groups is 1. The number of benzene rings is 1. The van der Waals surface area contributed by atoms with E-state index < -0.39 is 58.6 Å². The van der Waals surface area contributed by atoms with Gasteiger partial charge >= 0.3 is 103 Å². The zero-order valence-electron chi connectivity index (χ0n) is 20.4. The van der Waals surface area contributed by atoms with Crippen LogP contribution < -0.4 is 123 Å². The number of aliphatic carboxylic acids is 2. The van der Waals surface area contributed by atoms with Crippen LogP contribution in [0.3, 0.4) is 0 Å². The van der Waals surface area contributed by atoms with Crippen LogP contribution in [0, 0.1) is 0 Å². The minimum atomic E-state index is -1.68. The maximum atomic E-state index is 12.9. The summed E-state index contributed by atoms with van der Waals surface area (Å²) < 4.78 is 5.15. The summed E-state index contributed by atoms with van der Waals surface area (Å²) in [6.45, 7) is 0. The number of amides is 2. The van der Waals surface area contributed by atoms with Gasteiger partial charge in [-0.1, -0.05) is 30.0 Å². The molecule has 38 heavy (non-hydrogen) atoms. The number of methoxy groups -OCH3 is 1. The zero-order valence-corrected chi connectivity index (χ0v) is 28.3. The molecule has 0 saturated carbocycles. The monoisotopic (exact) mass is 612 g/mol. The number of thioether (sulfide) groups is 2. The van der Waals surface area contributed by atoms with E-state index in [0.29, 0.717) is 0 Å². The number of carbonyl (C=O) groups is 4. The Morgan fingerprint density at radius 3 is 2.63 bits per heavy atom. The quantitative estimate of drug-likeness (QED) is 0.129. The predicted molar refractivity (Wildman–Crippen MR) is 118 cm³/mol. The topological polar surface area (TPSA) is 214 Å². The van der Waals surface area contributed by atoms with Gasteiger partial charge in [-0.05, 0) is 16.9 Å². The molecule has 14 nitrogen and oxygen atoms in total. The van der Waals surface area contributed by atoms with Crippen molar-refractivity contribution >= 4 is 47.3 Å². The third-order valence-electron chi connectivity index (χ3n) is 5.49. The molecule has 0 spiro atoms. The minimum absolute atomic E-state index is 0. The fourth-order valence-corrected chi connectivity index (χ4v) is 6.38. The van der Waals surface area contributed by atoms with Crippen LogP contribution in [0.25, 0.3) is 0 Å². The van der Waals surface area contributed by atoms with E-state index in [-0.39, 0.29) is 131 Å². The van der Waals surface area contributed by atoms with E-state index in [4.69, 9.17) is 4.74 Å². The zero-order chi connectivity index (χ0) is 26.0. The summed E-state index contributed by atoms with van der Waals surface area (Å²) >= 11 is 1.97. The second kappa shape index (κ2) is 15.0. The number of carboxylic acid groups (broad SMARTS) is 2. The van der Waals surface area contributed by atoms with E-state index in [0.717, 1.165) is 28.4 Å². The Balaban J connectivity index is 0.00000253. The van der Waals surface area contributed by atoms with Crippen molar-refractivity contribution in [1.82, 2.24) is 30.8 Å². The van der Waals surface area contributed by atoms with Gasteiger partial charge in [0, 0.05) is 29.0 Å². The number of H-pyrrole nitrogens is 1. The van der Waals surface area contributed by atoms with Crippen molar-refractivity contribution in [2.45, 2.75) is 34.3 Å². The smallest absolute Gasteiger partial charge is 0.550 e. The van der Waals surface area contributed by atoms with Crippen LogP contribution >= 0.6 is 23.5 Å². The van der Waals surface area contributed by atoms with Crippen molar-refractivity contribution in [3.05, 3.63) is 41.1 Å². The van der Waals surface area contributed by atoms with Crippen molar-refractivity contribution < 1.29 is 142 Å². The molecule has 1 aromatic heterocycles. The van der Waals surface area contributed by atoms with Crippen LogP contribution in [0.4, 0.5) is 0 Å². The van der Waals surface area contributed by atoms with Gasteiger partial charge in [0.25, 0.3) is 11.8 Å². The molecule has 2 amide bonds. The summed E-state index contributed by atoms with van der Waals surface area (Å²) in [6, 6.07) is 5.21. The maximum Gasteiger partial charge on any atom is 1.00 e. The maximum absolute atomic E-state index is 12.9. The van der Waals surface area contributed by atoms with Crippen LogP contribution in [0.5, 0.6) is 5.75 Å². The Morgan fingerprint density at radius 1 is 1.32 bits per heavy atom. The number of nitrogens with zero attached hydrogens (tertiary/aromatic N) is 4. The van der Waals surface area contributed by atoms with Gasteiger partial charge in [-0.3, -0.25) is 14.5 Å². The number of tetrazole rings is 1. The third kappa shape index (κ3) is 7.28. The molecule has 1 aromatic carbocycles. The number of aromatic nitrogens is 4. The molecule has 190 valence electrons. The largest absolute Gasteiger partial charge is 1.00 e.